The first-order valence-corrected chi connectivity index (χ1v) is 11.5. The van der Waals surface area contributed by atoms with Crippen LogP contribution in [0.2, 0.25) is 0 Å². The second kappa shape index (κ2) is 10.6. The van der Waals surface area contributed by atoms with Gasteiger partial charge in [0.2, 0.25) is 11.9 Å². The molecule has 0 aliphatic carbocycles. The van der Waals surface area contributed by atoms with Crippen molar-refractivity contribution in [3.63, 3.8) is 0 Å². The summed E-state index contributed by atoms with van der Waals surface area (Å²) in [6.07, 6.45) is 6.14. The van der Waals surface area contributed by atoms with Gasteiger partial charge in [-0.05, 0) is 44.2 Å². The van der Waals surface area contributed by atoms with Gasteiger partial charge in [0.15, 0.2) is 0 Å². The molecule has 2 N–H and O–H groups in total. The molecule has 0 bridgehead atoms. The van der Waals surface area contributed by atoms with E-state index in [2.05, 4.69) is 25.2 Å². The normalized spacial score (nSPS) is 16.8. The van der Waals surface area contributed by atoms with E-state index in [-0.39, 0.29) is 17.9 Å². The number of nitrogens with one attached hydrogen (secondary N) is 2. The summed E-state index contributed by atoms with van der Waals surface area (Å²) in [5.41, 5.74) is 2.01. The summed E-state index contributed by atoms with van der Waals surface area (Å²) in [5.74, 6) is 1.48. The number of piperidine rings is 1. The highest BCUT2D eigenvalue weighted by molar-refractivity contribution is 5.76. The lowest BCUT2D eigenvalue weighted by molar-refractivity contribution is -0.121. The average molecular weight is 441 g/mol. The van der Waals surface area contributed by atoms with Gasteiger partial charge in [0.25, 0.3) is 5.56 Å². The molecule has 0 unspecified atom stereocenters. The van der Waals surface area contributed by atoms with Gasteiger partial charge in [0, 0.05) is 56.6 Å². The Hall–Kier alpha value is -2.94. The third-order valence-corrected chi connectivity index (χ3v) is 6.10. The van der Waals surface area contributed by atoms with E-state index in [1.807, 2.05) is 30.2 Å². The zero-order valence-electron chi connectivity index (χ0n) is 18.7. The predicted molar refractivity (Wildman–Crippen MR) is 123 cm³/mol. The maximum Gasteiger partial charge on any atom is 0.255 e. The fourth-order valence-corrected chi connectivity index (χ4v) is 4.17. The number of aromatic amines is 1. The van der Waals surface area contributed by atoms with Crippen LogP contribution in [0.15, 0.2) is 23.1 Å². The third-order valence-electron chi connectivity index (χ3n) is 6.10. The van der Waals surface area contributed by atoms with Crippen LogP contribution in [-0.4, -0.2) is 60.3 Å². The number of ether oxygens (including phenoxy) is 1. The zero-order valence-corrected chi connectivity index (χ0v) is 18.7. The molecule has 172 valence electrons. The number of anilines is 2. The van der Waals surface area contributed by atoms with E-state index in [1.165, 1.54) is 19.3 Å². The Bertz CT molecular complexity index is 963. The van der Waals surface area contributed by atoms with Crippen molar-refractivity contribution < 1.29 is 9.53 Å². The van der Waals surface area contributed by atoms with Crippen LogP contribution < -0.4 is 20.7 Å². The summed E-state index contributed by atoms with van der Waals surface area (Å²) >= 11 is 0. The molecule has 2 aromatic heterocycles. The van der Waals surface area contributed by atoms with Gasteiger partial charge in [0.05, 0.1) is 13.2 Å². The van der Waals surface area contributed by atoms with E-state index in [9.17, 15) is 9.59 Å². The second-order valence-electron chi connectivity index (χ2n) is 8.40. The minimum atomic E-state index is -0.177. The highest BCUT2D eigenvalue weighted by Crippen LogP contribution is 2.17. The minimum Gasteiger partial charge on any atom is -0.378 e. The Labute approximate surface area is 188 Å². The van der Waals surface area contributed by atoms with Crippen LogP contribution in [0.4, 0.5) is 11.8 Å². The van der Waals surface area contributed by atoms with E-state index >= 15 is 0 Å². The topological polar surface area (TPSA) is 103 Å². The molecule has 2 aliphatic heterocycles. The number of amides is 1. The standard InChI is InChI=1S/C23H32N6O3/c1-17-19(22(31)27-23(26-17)29-11-13-32-14-12-29)6-8-21(30)25-16-18-5-7-20(24-15-18)28-9-3-2-4-10-28/h5,7,15H,2-4,6,8-14,16H2,1H3,(H,25,30)(H,26,27,31). The summed E-state index contributed by atoms with van der Waals surface area (Å²) in [6, 6.07) is 4.04. The number of aromatic nitrogens is 3. The van der Waals surface area contributed by atoms with E-state index in [0.717, 1.165) is 24.5 Å². The van der Waals surface area contributed by atoms with Crippen molar-refractivity contribution >= 4 is 17.7 Å². The summed E-state index contributed by atoms with van der Waals surface area (Å²) < 4.78 is 5.35. The molecular weight excluding hydrogens is 408 g/mol. The van der Waals surface area contributed by atoms with E-state index in [1.54, 1.807) is 0 Å². The molecule has 0 spiro atoms. The van der Waals surface area contributed by atoms with Gasteiger partial charge in [-0.3, -0.25) is 14.6 Å². The van der Waals surface area contributed by atoms with Crippen LogP contribution in [0.5, 0.6) is 0 Å². The quantitative estimate of drug-likeness (QED) is 0.673. The van der Waals surface area contributed by atoms with Crippen molar-refractivity contribution in [1.82, 2.24) is 20.3 Å². The van der Waals surface area contributed by atoms with Crippen LogP contribution in [0.3, 0.4) is 0 Å². The fraction of sp³-hybridized carbons (Fsp3) is 0.565. The lowest BCUT2D eigenvalue weighted by atomic mass is 10.1. The lowest BCUT2D eigenvalue weighted by Gasteiger charge is -2.27. The van der Waals surface area contributed by atoms with Crippen LogP contribution >= 0.6 is 0 Å². The molecule has 4 rings (SSSR count). The number of hydrogen-bond acceptors (Lipinski definition) is 7. The molecule has 2 aromatic rings. The molecule has 0 radical (unpaired) electrons. The summed E-state index contributed by atoms with van der Waals surface area (Å²) in [7, 11) is 0. The zero-order chi connectivity index (χ0) is 22.3. The monoisotopic (exact) mass is 440 g/mol. The van der Waals surface area contributed by atoms with Crippen LogP contribution in [0.25, 0.3) is 0 Å². The Kier molecular flexibility index (Phi) is 7.36. The smallest absolute Gasteiger partial charge is 0.255 e. The number of aryl methyl sites for hydroxylation is 1. The van der Waals surface area contributed by atoms with Crippen molar-refractivity contribution in [3.8, 4) is 0 Å². The Morgan fingerprint density at radius 1 is 1.12 bits per heavy atom. The SMILES string of the molecule is Cc1nc(N2CCOCC2)[nH]c(=O)c1CCC(=O)NCc1ccc(N2CCCCC2)nc1. The average Bonchev–Trinajstić information content (AvgIpc) is 2.83. The number of carbonyl (C=O) groups is 1. The molecule has 1 amide bonds. The Morgan fingerprint density at radius 3 is 2.59 bits per heavy atom. The molecule has 9 nitrogen and oxygen atoms in total. The van der Waals surface area contributed by atoms with Crippen LogP contribution in [-0.2, 0) is 22.5 Å². The number of H-pyrrole nitrogens is 1. The van der Waals surface area contributed by atoms with Gasteiger partial charge >= 0.3 is 0 Å². The number of carbonyl (C=O) groups excluding carboxylic acids is 1. The molecule has 2 saturated heterocycles. The summed E-state index contributed by atoms with van der Waals surface area (Å²) in [4.78, 5) is 41.2. The second-order valence-corrected chi connectivity index (χ2v) is 8.40. The molecule has 32 heavy (non-hydrogen) atoms. The van der Waals surface area contributed by atoms with Gasteiger partial charge in [-0.25, -0.2) is 9.97 Å². The lowest BCUT2D eigenvalue weighted by Crippen LogP contribution is -2.38. The first-order chi connectivity index (χ1) is 15.6. The van der Waals surface area contributed by atoms with Crippen molar-refractivity contribution in [2.24, 2.45) is 0 Å². The maximum atomic E-state index is 12.6. The highest BCUT2D eigenvalue weighted by Gasteiger charge is 2.17. The first kappa shape index (κ1) is 22.3. The largest absolute Gasteiger partial charge is 0.378 e. The Morgan fingerprint density at radius 2 is 1.91 bits per heavy atom. The van der Waals surface area contributed by atoms with Gasteiger partial charge < -0.3 is 19.9 Å². The molecule has 9 heteroatoms. The van der Waals surface area contributed by atoms with Crippen molar-refractivity contribution in [2.75, 3.05) is 49.2 Å². The number of rotatable bonds is 7. The number of hydrogen-bond donors (Lipinski definition) is 2. The Balaban J connectivity index is 1.27. The molecule has 2 aliphatic rings. The fourth-order valence-electron chi connectivity index (χ4n) is 4.17. The van der Waals surface area contributed by atoms with Crippen molar-refractivity contribution in [3.05, 3.63) is 45.5 Å². The van der Waals surface area contributed by atoms with Crippen LogP contribution in [0.1, 0.15) is 42.5 Å². The molecule has 0 atom stereocenters. The van der Waals surface area contributed by atoms with E-state index in [0.29, 0.717) is 56.5 Å². The van der Waals surface area contributed by atoms with E-state index < -0.39 is 0 Å². The minimum absolute atomic E-state index is 0.0961. The molecule has 4 heterocycles. The summed E-state index contributed by atoms with van der Waals surface area (Å²) in [6.45, 7) is 7.03. The third kappa shape index (κ3) is 5.64. The molecule has 0 saturated carbocycles. The van der Waals surface area contributed by atoms with Crippen molar-refractivity contribution in [1.29, 1.82) is 0 Å². The number of morpholine rings is 1. The first-order valence-electron chi connectivity index (χ1n) is 11.5. The van der Waals surface area contributed by atoms with Gasteiger partial charge in [-0.2, -0.15) is 0 Å². The maximum absolute atomic E-state index is 12.6. The predicted octanol–water partition coefficient (Wildman–Crippen LogP) is 1.55. The molecule has 2 fully saturated rings. The molecular formula is C23H32N6O3. The van der Waals surface area contributed by atoms with Gasteiger partial charge in [-0.15, -0.1) is 0 Å². The molecule has 0 aromatic carbocycles. The van der Waals surface area contributed by atoms with Gasteiger partial charge in [-0.1, -0.05) is 6.07 Å². The number of nitrogens with zero attached hydrogens (tertiary/aromatic N) is 4. The van der Waals surface area contributed by atoms with Crippen molar-refractivity contribution in [2.45, 2.75) is 45.6 Å². The highest BCUT2D eigenvalue weighted by atomic mass is 16.5. The van der Waals surface area contributed by atoms with E-state index in [4.69, 9.17) is 4.74 Å². The van der Waals surface area contributed by atoms with Gasteiger partial charge in [0.1, 0.15) is 5.82 Å². The number of pyridine rings is 1. The van der Waals surface area contributed by atoms with Crippen LogP contribution in [0, 0.1) is 6.92 Å². The summed E-state index contributed by atoms with van der Waals surface area (Å²) in [5, 5.41) is 2.92.